The van der Waals surface area contributed by atoms with Crippen LogP contribution < -0.4 is 5.32 Å². The summed E-state index contributed by atoms with van der Waals surface area (Å²) >= 11 is 13.5. The minimum absolute atomic E-state index is 0.227. The number of rotatable bonds is 5. The van der Waals surface area contributed by atoms with Gasteiger partial charge in [-0.15, -0.1) is 11.3 Å². The van der Waals surface area contributed by atoms with Crippen LogP contribution >= 0.6 is 34.5 Å². The first-order valence-corrected chi connectivity index (χ1v) is 7.46. The van der Waals surface area contributed by atoms with E-state index in [1.165, 1.54) is 16.9 Å². The lowest BCUT2D eigenvalue weighted by molar-refractivity contribution is 0.578. The van der Waals surface area contributed by atoms with Crippen LogP contribution in [0.25, 0.3) is 0 Å². The molecule has 1 nitrogen and oxygen atoms in total. The average Bonchev–Trinajstić information content (AvgIpc) is 2.70. The largest absolute Gasteiger partial charge is 0.310 e. The zero-order chi connectivity index (χ0) is 13.0. The van der Waals surface area contributed by atoms with Crippen LogP contribution in [0.4, 0.5) is 0 Å². The Hall–Kier alpha value is -0.540. The van der Waals surface area contributed by atoms with Crippen molar-refractivity contribution >= 4 is 34.5 Å². The lowest BCUT2D eigenvalue weighted by Crippen LogP contribution is -2.21. The molecular weight excluding hydrogens is 285 g/mol. The number of nitrogens with one attached hydrogen (secondary N) is 1. The van der Waals surface area contributed by atoms with Crippen LogP contribution in [-0.4, -0.2) is 6.54 Å². The monoisotopic (exact) mass is 299 g/mol. The number of benzene rings is 1. The van der Waals surface area contributed by atoms with Crippen LogP contribution in [-0.2, 0) is 6.42 Å². The molecular formula is C14H15Cl2NS. The maximum Gasteiger partial charge on any atom is 0.0991 e. The lowest BCUT2D eigenvalue weighted by atomic mass is 10.1. The third-order valence-corrected chi connectivity index (χ3v) is 4.37. The van der Waals surface area contributed by atoms with Gasteiger partial charge in [-0.2, -0.15) is 0 Å². The Morgan fingerprint density at radius 2 is 1.94 bits per heavy atom. The predicted molar refractivity (Wildman–Crippen MR) is 80.9 cm³/mol. The normalized spacial score (nSPS) is 12.6. The zero-order valence-corrected chi connectivity index (χ0v) is 12.4. The molecule has 0 aliphatic carbocycles. The van der Waals surface area contributed by atoms with Gasteiger partial charge in [-0.25, -0.2) is 0 Å². The maximum absolute atomic E-state index is 6.13. The van der Waals surface area contributed by atoms with Crippen LogP contribution in [0.5, 0.6) is 0 Å². The zero-order valence-electron chi connectivity index (χ0n) is 10.1. The Kier molecular flexibility index (Phi) is 5.07. The highest BCUT2D eigenvalue weighted by atomic mass is 35.5. The van der Waals surface area contributed by atoms with Gasteiger partial charge in [-0.05, 0) is 37.1 Å². The Morgan fingerprint density at radius 1 is 1.22 bits per heavy atom. The summed E-state index contributed by atoms with van der Waals surface area (Å²) in [4.78, 5) is 0. The average molecular weight is 300 g/mol. The molecule has 0 saturated heterocycles. The Balaban J connectivity index is 1.85. The molecule has 1 aromatic heterocycles. The van der Waals surface area contributed by atoms with Gasteiger partial charge >= 0.3 is 0 Å². The van der Waals surface area contributed by atoms with Crippen molar-refractivity contribution in [2.45, 2.75) is 19.4 Å². The van der Waals surface area contributed by atoms with Gasteiger partial charge in [-0.1, -0.05) is 53.5 Å². The van der Waals surface area contributed by atoms with Crippen molar-refractivity contribution in [1.29, 1.82) is 0 Å². The molecule has 96 valence electrons. The van der Waals surface area contributed by atoms with Crippen LogP contribution in [0.1, 0.15) is 24.1 Å². The van der Waals surface area contributed by atoms with Gasteiger partial charge in [0.05, 0.1) is 8.67 Å². The van der Waals surface area contributed by atoms with E-state index >= 15 is 0 Å². The molecule has 0 aliphatic rings. The molecule has 0 fully saturated rings. The Bertz CT molecular complexity index is 496. The molecule has 1 aromatic carbocycles. The maximum atomic E-state index is 6.13. The summed E-state index contributed by atoms with van der Waals surface area (Å²) in [5.74, 6) is 0. The van der Waals surface area contributed by atoms with E-state index in [-0.39, 0.29) is 6.04 Å². The second-order valence-corrected chi connectivity index (χ2v) is 6.48. The van der Waals surface area contributed by atoms with Crippen molar-refractivity contribution in [3.8, 4) is 0 Å². The van der Waals surface area contributed by atoms with Gasteiger partial charge in [-0.3, -0.25) is 0 Å². The molecule has 18 heavy (non-hydrogen) atoms. The minimum Gasteiger partial charge on any atom is -0.310 e. The number of hydrogen-bond donors (Lipinski definition) is 1. The van der Waals surface area contributed by atoms with Crippen molar-refractivity contribution in [3.63, 3.8) is 0 Å². The molecule has 0 aliphatic heterocycles. The third-order valence-electron chi connectivity index (χ3n) is 2.86. The fraction of sp³-hybridized carbons (Fsp3) is 0.286. The van der Waals surface area contributed by atoms with Crippen LogP contribution in [0.2, 0.25) is 8.67 Å². The number of hydrogen-bond acceptors (Lipinski definition) is 2. The van der Waals surface area contributed by atoms with E-state index in [2.05, 4.69) is 36.5 Å². The van der Waals surface area contributed by atoms with Gasteiger partial charge in [0.15, 0.2) is 0 Å². The summed E-state index contributed by atoms with van der Waals surface area (Å²) in [6, 6.07) is 12.6. The third kappa shape index (κ3) is 3.72. The van der Waals surface area contributed by atoms with Gasteiger partial charge < -0.3 is 5.32 Å². The van der Waals surface area contributed by atoms with Gasteiger partial charge in [0.1, 0.15) is 0 Å². The van der Waals surface area contributed by atoms with E-state index in [1.54, 1.807) is 0 Å². The highest BCUT2D eigenvalue weighted by Crippen LogP contribution is 2.34. The molecule has 2 aromatic rings. The van der Waals surface area contributed by atoms with E-state index in [0.717, 1.165) is 27.2 Å². The van der Waals surface area contributed by atoms with Gasteiger partial charge in [0, 0.05) is 6.04 Å². The van der Waals surface area contributed by atoms with E-state index in [1.807, 2.05) is 12.1 Å². The highest BCUT2D eigenvalue weighted by molar-refractivity contribution is 7.20. The van der Waals surface area contributed by atoms with Crippen molar-refractivity contribution in [3.05, 3.63) is 56.2 Å². The molecule has 4 heteroatoms. The van der Waals surface area contributed by atoms with Crippen molar-refractivity contribution in [2.24, 2.45) is 0 Å². The first-order chi connectivity index (χ1) is 8.66. The molecule has 2 rings (SSSR count). The van der Waals surface area contributed by atoms with Gasteiger partial charge in [0.2, 0.25) is 0 Å². The fourth-order valence-corrected chi connectivity index (χ4v) is 3.48. The topological polar surface area (TPSA) is 12.0 Å². The second-order valence-electron chi connectivity index (χ2n) is 4.19. The Labute approximate surface area is 122 Å². The molecule has 1 N–H and O–H groups in total. The first-order valence-electron chi connectivity index (χ1n) is 5.89. The van der Waals surface area contributed by atoms with Crippen molar-refractivity contribution in [1.82, 2.24) is 5.32 Å². The first kappa shape index (κ1) is 13.9. The fourth-order valence-electron chi connectivity index (χ4n) is 1.84. The highest BCUT2D eigenvalue weighted by Gasteiger charge is 2.12. The standard InChI is InChI=1S/C14H15Cl2NS/c1-10(12-9-13(15)18-14(12)16)17-8-7-11-5-3-2-4-6-11/h2-6,9-10,17H,7-8H2,1H3. The smallest absolute Gasteiger partial charge is 0.0991 e. The molecule has 1 unspecified atom stereocenters. The summed E-state index contributed by atoms with van der Waals surface area (Å²) in [6.45, 7) is 3.03. The molecule has 1 heterocycles. The minimum atomic E-state index is 0.227. The quantitative estimate of drug-likeness (QED) is 0.824. The van der Waals surface area contributed by atoms with E-state index in [0.29, 0.717) is 0 Å². The summed E-state index contributed by atoms with van der Waals surface area (Å²) < 4.78 is 1.52. The van der Waals surface area contributed by atoms with Crippen molar-refractivity contribution < 1.29 is 0 Å². The molecule has 0 amide bonds. The predicted octanol–water partition coefficient (Wildman–Crippen LogP) is 4.95. The second kappa shape index (κ2) is 6.58. The molecule has 1 atom stereocenters. The van der Waals surface area contributed by atoms with Crippen LogP contribution in [0.3, 0.4) is 0 Å². The summed E-state index contributed by atoms with van der Waals surface area (Å²) in [7, 11) is 0. The number of halogens is 2. The summed E-state index contributed by atoms with van der Waals surface area (Å²) in [6.07, 6.45) is 1.01. The van der Waals surface area contributed by atoms with Crippen LogP contribution in [0.15, 0.2) is 36.4 Å². The van der Waals surface area contributed by atoms with Gasteiger partial charge in [0.25, 0.3) is 0 Å². The van der Waals surface area contributed by atoms with Crippen LogP contribution in [0, 0.1) is 0 Å². The SMILES string of the molecule is CC(NCCc1ccccc1)c1cc(Cl)sc1Cl. The number of thiophene rings is 1. The molecule has 0 radical (unpaired) electrons. The van der Waals surface area contributed by atoms with Crippen molar-refractivity contribution in [2.75, 3.05) is 6.54 Å². The lowest BCUT2D eigenvalue weighted by Gasteiger charge is -2.13. The molecule has 0 bridgehead atoms. The molecule has 0 spiro atoms. The van der Waals surface area contributed by atoms with E-state index < -0.39 is 0 Å². The molecule has 0 saturated carbocycles. The summed E-state index contributed by atoms with van der Waals surface area (Å²) in [5, 5.41) is 3.47. The van der Waals surface area contributed by atoms with E-state index in [9.17, 15) is 0 Å². The summed E-state index contributed by atoms with van der Waals surface area (Å²) in [5.41, 5.74) is 2.42. The van der Waals surface area contributed by atoms with E-state index in [4.69, 9.17) is 23.2 Å². The Morgan fingerprint density at radius 3 is 2.56 bits per heavy atom.